The zero-order valence-electron chi connectivity index (χ0n) is 15.9. The molecular weight excluding hydrogens is 481 g/mol. The molecule has 0 aromatic heterocycles. The Bertz CT molecular complexity index is 698. The first-order valence-corrected chi connectivity index (χ1v) is 10.8. The van der Waals surface area contributed by atoms with Crippen molar-refractivity contribution in [2.75, 3.05) is 38.4 Å². The van der Waals surface area contributed by atoms with Crippen LogP contribution in [0.3, 0.4) is 0 Å². The van der Waals surface area contributed by atoms with Crippen LogP contribution in [0.4, 0.5) is 0 Å². The van der Waals surface area contributed by atoms with Crippen molar-refractivity contribution in [2.24, 2.45) is 4.99 Å². The predicted octanol–water partition coefficient (Wildman–Crippen LogP) is 1.96. The van der Waals surface area contributed by atoms with E-state index >= 15 is 0 Å². The number of nitrogens with zero attached hydrogens (tertiary/aromatic N) is 1. The Kier molecular flexibility index (Phi) is 11.0. The van der Waals surface area contributed by atoms with Crippen molar-refractivity contribution in [3.8, 4) is 5.75 Å². The molecule has 1 saturated heterocycles. The van der Waals surface area contributed by atoms with Gasteiger partial charge in [0.25, 0.3) is 0 Å². The molecule has 1 aliphatic rings. The Morgan fingerprint density at radius 2 is 2.15 bits per heavy atom. The van der Waals surface area contributed by atoms with Gasteiger partial charge in [0.15, 0.2) is 15.8 Å². The van der Waals surface area contributed by atoms with Crippen LogP contribution in [0.1, 0.15) is 25.3 Å². The lowest BCUT2D eigenvalue weighted by molar-refractivity contribution is 0.172. The molecule has 1 aliphatic heterocycles. The highest BCUT2D eigenvalue weighted by molar-refractivity contribution is 14.0. The van der Waals surface area contributed by atoms with Gasteiger partial charge in [-0.25, -0.2) is 13.4 Å². The van der Waals surface area contributed by atoms with Crippen molar-refractivity contribution < 1.29 is 17.9 Å². The molecule has 2 N–H and O–H groups in total. The molecule has 154 valence electrons. The summed E-state index contributed by atoms with van der Waals surface area (Å²) >= 11 is 0. The maximum Gasteiger partial charge on any atom is 0.191 e. The van der Waals surface area contributed by atoms with E-state index in [2.05, 4.69) is 15.6 Å². The summed E-state index contributed by atoms with van der Waals surface area (Å²) in [5.41, 5.74) is 1.03. The lowest BCUT2D eigenvalue weighted by atomic mass is 10.2. The molecule has 1 atom stereocenters. The van der Waals surface area contributed by atoms with Crippen molar-refractivity contribution in [1.29, 1.82) is 0 Å². The van der Waals surface area contributed by atoms with Crippen LogP contribution in [0.25, 0.3) is 0 Å². The minimum atomic E-state index is -2.91. The SMILES string of the molecule is CCNC(=NCc1cccc(OCCCOC)c1)NC1CCS(=O)(=O)C1.I. The molecule has 0 spiro atoms. The average Bonchev–Trinajstić information content (AvgIpc) is 2.96. The quantitative estimate of drug-likeness (QED) is 0.228. The number of nitrogens with one attached hydrogen (secondary N) is 2. The van der Waals surface area contributed by atoms with Crippen molar-refractivity contribution in [1.82, 2.24) is 10.6 Å². The van der Waals surface area contributed by atoms with Gasteiger partial charge >= 0.3 is 0 Å². The maximum absolute atomic E-state index is 11.6. The Morgan fingerprint density at radius 3 is 2.81 bits per heavy atom. The van der Waals surface area contributed by atoms with E-state index in [1.165, 1.54) is 0 Å². The van der Waals surface area contributed by atoms with E-state index in [-0.39, 0.29) is 41.5 Å². The number of hydrogen-bond donors (Lipinski definition) is 2. The van der Waals surface area contributed by atoms with Crippen LogP contribution in [0.5, 0.6) is 5.75 Å². The minimum absolute atomic E-state index is 0. The van der Waals surface area contributed by atoms with Crippen LogP contribution >= 0.6 is 24.0 Å². The molecule has 1 heterocycles. The first-order valence-electron chi connectivity index (χ1n) is 8.98. The molecule has 0 aliphatic carbocycles. The van der Waals surface area contributed by atoms with Crippen molar-refractivity contribution in [2.45, 2.75) is 32.4 Å². The van der Waals surface area contributed by atoms with E-state index in [0.717, 1.165) is 17.7 Å². The molecule has 1 aromatic rings. The summed E-state index contributed by atoms with van der Waals surface area (Å²) in [4.78, 5) is 4.57. The molecule has 0 saturated carbocycles. The molecule has 1 aromatic carbocycles. The third kappa shape index (κ3) is 9.11. The molecule has 0 amide bonds. The first kappa shape index (κ1) is 24.0. The summed E-state index contributed by atoms with van der Waals surface area (Å²) in [5, 5.41) is 6.39. The highest BCUT2D eigenvalue weighted by Gasteiger charge is 2.28. The number of hydrogen-bond acceptors (Lipinski definition) is 5. The normalized spacial score (nSPS) is 18.6. The van der Waals surface area contributed by atoms with E-state index in [0.29, 0.717) is 38.7 Å². The lowest BCUT2D eigenvalue weighted by Crippen LogP contribution is -2.44. The van der Waals surface area contributed by atoms with Gasteiger partial charge in [0.2, 0.25) is 0 Å². The molecular formula is C18H30IN3O4S. The summed E-state index contributed by atoms with van der Waals surface area (Å²) in [6, 6.07) is 7.76. The fourth-order valence-corrected chi connectivity index (χ4v) is 4.39. The van der Waals surface area contributed by atoms with Crippen LogP contribution in [0, 0.1) is 0 Å². The third-order valence-corrected chi connectivity index (χ3v) is 5.77. The van der Waals surface area contributed by atoms with E-state index in [4.69, 9.17) is 9.47 Å². The molecule has 0 radical (unpaired) electrons. The molecule has 1 fully saturated rings. The second kappa shape index (κ2) is 12.4. The van der Waals surface area contributed by atoms with Crippen LogP contribution in [0.15, 0.2) is 29.3 Å². The van der Waals surface area contributed by atoms with Gasteiger partial charge in [-0.2, -0.15) is 0 Å². The Labute approximate surface area is 179 Å². The Hall–Kier alpha value is -1.07. The molecule has 2 rings (SSSR count). The van der Waals surface area contributed by atoms with Crippen LogP contribution in [-0.4, -0.2) is 58.8 Å². The highest BCUT2D eigenvalue weighted by atomic mass is 127. The van der Waals surface area contributed by atoms with Gasteiger partial charge in [0.1, 0.15) is 5.75 Å². The second-order valence-corrected chi connectivity index (χ2v) is 8.51. The molecule has 7 nitrogen and oxygen atoms in total. The number of ether oxygens (including phenoxy) is 2. The number of aliphatic imine (C=N–C) groups is 1. The fourth-order valence-electron chi connectivity index (χ4n) is 2.72. The predicted molar refractivity (Wildman–Crippen MR) is 119 cm³/mol. The van der Waals surface area contributed by atoms with Crippen LogP contribution in [-0.2, 0) is 21.1 Å². The van der Waals surface area contributed by atoms with Crippen LogP contribution in [0.2, 0.25) is 0 Å². The van der Waals surface area contributed by atoms with Gasteiger partial charge in [-0.3, -0.25) is 0 Å². The van der Waals surface area contributed by atoms with Crippen molar-refractivity contribution in [3.63, 3.8) is 0 Å². The number of guanidine groups is 1. The Morgan fingerprint density at radius 1 is 1.33 bits per heavy atom. The summed E-state index contributed by atoms with van der Waals surface area (Å²) in [6.45, 7) is 4.48. The molecule has 1 unspecified atom stereocenters. The molecule has 27 heavy (non-hydrogen) atoms. The van der Waals surface area contributed by atoms with Crippen molar-refractivity contribution >= 4 is 39.8 Å². The van der Waals surface area contributed by atoms with E-state index in [1.807, 2.05) is 31.2 Å². The average molecular weight is 511 g/mol. The van der Waals surface area contributed by atoms with Gasteiger partial charge in [0, 0.05) is 32.7 Å². The van der Waals surface area contributed by atoms with Gasteiger partial charge < -0.3 is 20.1 Å². The minimum Gasteiger partial charge on any atom is -0.493 e. The maximum atomic E-state index is 11.6. The van der Waals surface area contributed by atoms with E-state index in [9.17, 15) is 8.42 Å². The van der Waals surface area contributed by atoms with E-state index in [1.54, 1.807) is 7.11 Å². The molecule has 9 heteroatoms. The zero-order chi connectivity index (χ0) is 18.8. The number of sulfone groups is 1. The van der Waals surface area contributed by atoms with Gasteiger partial charge in [-0.1, -0.05) is 12.1 Å². The van der Waals surface area contributed by atoms with Gasteiger partial charge in [-0.05, 0) is 31.0 Å². The summed E-state index contributed by atoms with van der Waals surface area (Å²) < 4.78 is 33.9. The smallest absolute Gasteiger partial charge is 0.191 e. The largest absolute Gasteiger partial charge is 0.493 e. The summed E-state index contributed by atoms with van der Waals surface area (Å²) in [5.74, 6) is 1.86. The second-order valence-electron chi connectivity index (χ2n) is 6.28. The van der Waals surface area contributed by atoms with Gasteiger partial charge in [0.05, 0.1) is 24.7 Å². The highest BCUT2D eigenvalue weighted by Crippen LogP contribution is 2.15. The van der Waals surface area contributed by atoms with Crippen LogP contribution < -0.4 is 15.4 Å². The third-order valence-electron chi connectivity index (χ3n) is 4.00. The number of rotatable bonds is 9. The fraction of sp³-hybridized carbons (Fsp3) is 0.611. The standard InChI is InChI=1S/C18H29N3O4S.HI/c1-3-19-18(21-16-8-11-26(22,23)14-16)20-13-15-6-4-7-17(12-15)25-10-5-9-24-2;/h4,6-7,12,16H,3,5,8-11,13-14H2,1-2H3,(H2,19,20,21);1H. The first-order chi connectivity index (χ1) is 12.5. The van der Waals surface area contributed by atoms with E-state index < -0.39 is 9.84 Å². The number of halogens is 1. The zero-order valence-corrected chi connectivity index (χ0v) is 19.1. The molecule has 0 bridgehead atoms. The Balaban J connectivity index is 0.00000364. The monoisotopic (exact) mass is 511 g/mol. The van der Waals surface area contributed by atoms with Gasteiger partial charge in [-0.15, -0.1) is 24.0 Å². The summed E-state index contributed by atoms with van der Waals surface area (Å²) in [6.07, 6.45) is 1.47. The summed E-state index contributed by atoms with van der Waals surface area (Å²) in [7, 11) is -1.24. The topological polar surface area (TPSA) is 89.0 Å². The number of benzene rings is 1. The lowest BCUT2D eigenvalue weighted by Gasteiger charge is -2.16. The van der Waals surface area contributed by atoms with Crippen molar-refractivity contribution in [3.05, 3.63) is 29.8 Å². The number of methoxy groups -OCH3 is 1.